The van der Waals surface area contributed by atoms with Crippen molar-refractivity contribution < 1.29 is 54.9 Å². The molecule has 1 unspecified atom stereocenters. The third kappa shape index (κ3) is 5.27. The molecule has 206 valence electrons. The maximum absolute atomic E-state index is 14.0. The van der Waals surface area contributed by atoms with Crippen molar-refractivity contribution in [2.24, 2.45) is 0 Å². The lowest BCUT2D eigenvalue weighted by atomic mass is 9.92. The van der Waals surface area contributed by atoms with Gasteiger partial charge in [-0.1, -0.05) is 11.6 Å². The summed E-state index contributed by atoms with van der Waals surface area (Å²) in [6, 6.07) is 3.20. The zero-order chi connectivity index (χ0) is 29.1. The van der Waals surface area contributed by atoms with E-state index in [0.29, 0.717) is 18.2 Å². The Hall–Kier alpha value is -3.75. The van der Waals surface area contributed by atoms with Crippen molar-refractivity contribution in [3.63, 3.8) is 0 Å². The Morgan fingerprint density at radius 2 is 1.56 bits per heavy atom. The van der Waals surface area contributed by atoms with Crippen molar-refractivity contribution in [1.82, 2.24) is 5.32 Å². The monoisotopic (exact) mass is 580 g/mol. The molecule has 2 amide bonds. The van der Waals surface area contributed by atoms with Crippen molar-refractivity contribution in [2.75, 3.05) is 5.32 Å². The Labute approximate surface area is 217 Å². The fourth-order valence-corrected chi connectivity index (χ4v) is 4.18. The second kappa shape index (κ2) is 9.47. The molecular weight excluding hydrogens is 568 g/mol. The maximum Gasteiger partial charge on any atom is 0.447 e. The minimum absolute atomic E-state index is 0.106. The third-order valence-corrected chi connectivity index (χ3v) is 6.14. The van der Waals surface area contributed by atoms with E-state index in [0.717, 1.165) is 18.2 Å². The van der Waals surface area contributed by atoms with Gasteiger partial charge < -0.3 is 20.8 Å². The molecule has 3 aromatic rings. The first-order chi connectivity index (χ1) is 17.9. The Kier molecular flexibility index (Phi) is 6.86. The second-order valence-electron chi connectivity index (χ2n) is 8.41. The fourth-order valence-electron chi connectivity index (χ4n) is 3.95. The highest BCUT2D eigenvalue weighted by Crippen LogP contribution is 2.44. The van der Waals surface area contributed by atoms with Gasteiger partial charge in [-0.3, -0.25) is 9.59 Å². The quantitative estimate of drug-likeness (QED) is 0.245. The summed E-state index contributed by atoms with van der Waals surface area (Å²) in [5.41, 5.74) is -5.59. The number of hydrogen-bond donors (Lipinski definition) is 4. The molecule has 0 radical (unpaired) electrons. The van der Waals surface area contributed by atoms with E-state index in [1.54, 1.807) is 0 Å². The predicted molar refractivity (Wildman–Crippen MR) is 119 cm³/mol. The number of alkyl halides is 6. The number of benzene rings is 3. The van der Waals surface area contributed by atoms with Crippen LogP contribution in [0.25, 0.3) is 0 Å². The van der Waals surface area contributed by atoms with E-state index in [2.05, 4.69) is 5.32 Å². The maximum atomic E-state index is 14.0. The first kappa shape index (κ1) is 28.3. The molecule has 15 heteroatoms. The Morgan fingerprint density at radius 3 is 2.18 bits per heavy atom. The number of anilines is 1. The van der Waals surface area contributed by atoms with Gasteiger partial charge in [0.1, 0.15) is 11.6 Å². The molecule has 1 aliphatic heterocycles. The van der Waals surface area contributed by atoms with Crippen LogP contribution in [0.2, 0.25) is 5.02 Å². The summed E-state index contributed by atoms with van der Waals surface area (Å²) in [6.07, 6.45) is -10.8. The van der Waals surface area contributed by atoms with Gasteiger partial charge in [-0.15, -0.1) is 0 Å². The first-order valence-electron chi connectivity index (χ1n) is 10.5. The van der Waals surface area contributed by atoms with Crippen LogP contribution in [-0.2, 0) is 12.0 Å². The van der Waals surface area contributed by atoms with Crippen molar-refractivity contribution >= 4 is 29.1 Å². The van der Waals surface area contributed by atoms with Crippen LogP contribution in [0.15, 0.2) is 48.5 Å². The lowest BCUT2D eigenvalue weighted by molar-refractivity contribution is -0.358. The molecule has 0 saturated heterocycles. The summed E-state index contributed by atoms with van der Waals surface area (Å²) >= 11 is 6.10. The van der Waals surface area contributed by atoms with E-state index >= 15 is 0 Å². The molecule has 0 bridgehead atoms. The van der Waals surface area contributed by atoms with Gasteiger partial charge in [-0.2, -0.15) is 26.3 Å². The Bertz CT molecular complexity index is 1500. The number of rotatable bonds is 4. The normalized spacial score (nSPS) is 15.7. The number of hydrogen-bond acceptors (Lipinski definition) is 4. The number of halogens is 9. The highest BCUT2D eigenvalue weighted by molar-refractivity contribution is 6.31. The molecule has 1 aliphatic rings. The van der Waals surface area contributed by atoms with Crippen LogP contribution < -0.4 is 10.6 Å². The largest absolute Gasteiger partial charge is 0.447 e. The minimum atomic E-state index is -5.70. The van der Waals surface area contributed by atoms with E-state index in [1.807, 2.05) is 5.32 Å². The second-order valence-corrected chi connectivity index (χ2v) is 8.81. The van der Waals surface area contributed by atoms with Gasteiger partial charge >= 0.3 is 12.4 Å². The van der Waals surface area contributed by atoms with Gasteiger partial charge in [0.25, 0.3) is 17.6 Å². The fraction of sp³-hybridized carbons (Fsp3) is 0.167. The molecule has 1 heterocycles. The number of nitrogens with one attached hydrogen (secondary N) is 2. The van der Waals surface area contributed by atoms with E-state index in [-0.39, 0.29) is 28.3 Å². The molecule has 0 aliphatic carbocycles. The first-order valence-corrected chi connectivity index (χ1v) is 10.9. The van der Waals surface area contributed by atoms with Crippen molar-refractivity contribution in [2.45, 2.75) is 24.2 Å². The highest BCUT2D eigenvalue weighted by atomic mass is 35.5. The zero-order valence-electron chi connectivity index (χ0n) is 18.8. The molecule has 0 saturated carbocycles. The van der Waals surface area contributed by atoms with Crippen LogP contribution in [-0.4, -0.2) is 28.2 Å². The lowest BCUT2D eigenvalue weighted by Crippen LogP contribution is -2.42. The van der Waals surface area contributed by atoms with Crippen LogP contribution in [0.3, 0.4) is 0 Å². The Balaban J connectivity index is 1.91. The molecule has 0 spiro atoms. The number of carbonyl (C=O) groups is 2. The predicted octanol–water partition coefficient (Wildman–Crippen LogP) is 5.42. The summed E-state index contributed by atoms with van der Waals surface area (Å²) in [5.74, 6) is -9.39. The molecule has 3 aromatic carbocycles. The van der Waals surface area contributed by atoms with Gasteiger partial charge in [-0.05, 0) is 48.5 Å². The molecule has 1 atom stereocenters. The molecule has 6 nitrogen and oxygen atoms in total. The van der Waals surface area contributed by atoms with Gasteiger partial charge in [0, 0.05) is 38.5 Å². The van der Waals surface area contributed by atoms with Crippen LogP contribution in [0, 0.1) is 11.6 Å². The average molecular weight is 581 g/mol. The standard InChI is InChI=1S/C24H13ClF8N2O4/c25-16-2-1-12(26)8-14(16)19-18-15(21(37)35-19)6-10(22(38,39)24(31,32)33)7-17(18)34-20(36)9-3-11(23(28,29)30)5-13(27)4-9/h1-8,19,38-39H,(H,34,36)(H,35,37). The number of aliphatic hydroxyl groups is 2. The van der Waals surface area contributed by atoms with Gasteiger partial charge in [0.05, 0.1) is 11.6 Å². The zero-order valence-corrected chi connectivity index (χ0v) is 19.6. The third-order valence-electron chi connectivity index (χ3n) is 5.79. The van der Waals surface area contributed by atoms with E-state index in [9.17, 15) is 54.9 Å². The van der Waals surface area contributed by atoms with Crippen LogP contribution in [0.5, 0.6) is 0 Å². The summed E-state index contributed by atoms with van der Waals surface area (Å²) in [5, 5.41) is 23.8. The van der Waals surface area contributed by atoms with Crippen molar-refractivity contribution in [3.05, 3.63) is 98.6 Å². The smallest absolute Gasteiger partial charge is 0.355 e. The average Bonchev–Trinajstić information content (AvgIpc) is 3.15. The number of amides is 2. The van der Waals surface area contributed by atoms with Crippen molar-refractivity contribution in [3.8, 4) is 0 Å². The summed E-state index contributed by atoms with van der Waals surface area (Å²) in [7, 11) is 0. The van der Waals surface area contributed by atoms with Gasteiger partial charge in [0.15, 0.2) is 0 Å². The molecule has 4 rings (SSSR count). The number of fused-ring (bicyclic) bond motifs is 1. The SMILES string of the molecule is O=C(Nc1cc(C(O)(O)C(F)(F)F)cc2c1C(c1cc(F)ccc1Cl)NC2=O)c1cc(F)cc(C(F)(F)F)c1. The van der Waals surface area contributed by atoms with Gasteiger partial charge in [0.2, 0.25) is 0 Å². The van der Waals surface area contributed by atoms with Crippen LogP contribution in [0.1, 0.15) is 49.0 Å². The molecule has 0 fully saturated rings. The summed E-state index contributed by atoms with van der Waals surface area (Å²) in [6.45, 7) is 0. The highest BCUT2D eigenvalue weighted by Gasteiger charge is 2.55. The summed E-state index contributed by atoms with van der Waals surface area (Å²) in [4.78, 5) is 25.6. The molecule has 0 aromatic heterocycles. The topological polar surface area (TPSA) is 98.7 Å². The molecule has 4 N–H and O–H groups in total. The van der Waals surface area contributed by atoms with Crippen LogP contribution >= 0.6 is 11.6 Å². The lowest BCUT2D eigenvalue weighted by Gasteiger charge is -2.26. The minimum Gasteiger partial charge on any atom is -0.355 e. The summed E-state index contributed by atoms with van der Waals surface area (Å²) < 4.78 is 107. The van der Waals surface area contributed by atoms with E-state index in [1.165, 1.54) is 0 Å². The van der Waals surface area contributed by atoms with Crippen molar-refractivity contribution in [1.29, 1.82) is 0 Å². The Morgan fingerprint density at radius 1 is 0.897 bits per heavy atom. The van der Waals surface area contributed by atoms with E-state index < -0.39 is 75.6 Å². The number of carbonyl (C=O) groups excluding carboxylic acids is 2. The molecule has 39 heavy (non-hydrogen) atoms. The molecular formula is C24H13ClF8N2O4. The van der Waals surface area contributed by atoms with E-state index in [4.69, 9.17) is 11.6 Å². The van der Waals surface area contributed by atoms with Gasteiger partial charge in [-0.25, -0.2) is 8.78 Å². The van der Waals surface area contributed by atoms with Crippen LogP contribution in [0.4, 0.5) is 40.8 Å².